The Hall–Kier alpha value is -3.92. The van der Waals surface area contributed by atoms with E-state index in [0.717, 1.165) is 11.1 Å². The third kappa shape index (κ3) is 2.72. The van der Waals surface area contributed by atoms with Crippen LogP contribution in [0.4, 0.5) is 0 Å². The molecule has 0 spiro atoms. The molecular weight excluding hydrogens is 352 g/mol. The van der Waals surface area contributed by atoms with Crippen molar-refractivity contribution >= 4 is 35.6 Å². The van der Waals surface area contributed by atoms with Crippen LogP contribution in [0.25, 0.3) is 23.7 Å². The van der Waals surface area contributed by atoms with Crippen molar-refractivity contribution in [2.75, 3.05) is 0 Å². The molecule has 4 heteroatoms. The van der Waals surface area contributed by atoms with Crippen LogP contribution in [0.2, 0.25) is 0 Å². The monoisotopic (exact) mass is 366 g/mol. The third-order valence-corrected chi connectivity index (χ3v) is 4.73. The molecule has 0 saturated heterocycles. The highest BCUT2D eigenvalue weighted by molar-refractivity contribution is 6.12. The van der Waals surface area contributed by atoms with Crippen LogP contribution in [-0.4, -0.2) is 11.9 Å². The number of hydrogen-bond donors (Lipinski definition) is 0. The maximum absolute atomic E-state index is 12.3. The number of hydrogen-bond acceptors (Lipinski definition) is 4. The van der Waals surface area contributed by atoms with E-state index in [0.29, 0.717) is 33.8 Å². The van der Waals surface area contributed by atoms with Gasteiger partial charge in [0.15, 0.2) is 0 Å². The summed E-state index contributed by atoms with van der Waals surface area (Å²) in [5, 5.41) is 0. The van der Waals surface area contributed by atoms with E-state index in [1.807, 2.05) is 72.8 Å². The standard InChI is InChI=1S/C24H14O4/c25-23-19-14-20-18(22(28-24(20)26)12-16-9-5-2-6-10-16)13-17(19)21(27-23)11-15-7-3-1-4-8-15/h1-14H. The van der Waals surface area contributed by atoms with Gasteiger partial charge in [0.05, 0.1) is 11.1 Å². The van der Waals surface area contributed by atoms with Gasteiger partial charge in [-0.3, -0.25) is 0 Å². The van der Waals surface area contributed by atoms with Gasteiger partial charge in [0, 0.05) is 11.1 Å². The van der Waals surface area contributed by atoms with E-state index in [9.17, 15) is 9.59 Å². The van der Waals surface area contributed by atoms with E-state index in [-0.39, 0.29) is 0 Å². The largest absolute Gasteiger partial charge is 0.422 e. The predicted molar refractivity (Wildman–Crippen MR) is 106 cm³/mol. The van der Waals surface area contributed by atoms with Crippen molar-refractivity contribution in [3.63, 3.8) is 0 Å². The molecule has 2 aliphatic heterocycles. The first-order valence-electron chi connectivity index (χ1n) is 8.86. The highest BCUT2D eigenvalue weighted by Crippen LogP contribution is 2.39. The minimum absolute atomic E-state index is 0.374. The first kappa shape index (κ1) is 16.3. The Morgan fingerprint density at radius 3 is 1.36 bits per heavy atom. The van der Waals surface area contributed by atoms with Crippen LogP contribution < -0.4 is 0 Å². The highest BCUT2D eigenvalue weighted by atomic mass is 16.5. The summed E-state index contributed by atoms with van der Waals surface area (Å²) >= 11 is 0. The molecule has 5 rings (SSSR count). The Bertz CT molecular complexity index is 1080. The SMILES string of the molecule is O=C1OC(=Cc2ccccc2)c2cc3c(cc21)C(=O)OC3=Cc1ccccc1. The van der Waals surface area contributed by atoms with Crippen LogP contribution in [0.1, 0.15) is 43.0 Å². The highest BCUT2D eigenvalue weighted by Gasteiger charge is 2.34. The third-order valence-electron chi connectivity index (χ3n) is 4.73. The summed E-state index contributed by atoms with van der Waals surface area (Å²) in [5.74, 6) is 0.00126. The molecule has 0 fully saturated rings. The molecule has 3 aromatic carbocycles. The molecule has 0 amide bonds. The number of cyclic esters (lactones) is 2. The number of fused-ring (bicyclic) bond motifs is 2. The van der Waals surface area contributed by atoms with E-state index in [2.05, 4.69) is 0 Å². The minimum Gasteiger partial charge on any atom is -0.422 e. The topological polar surface area (TPSA) is 52.6 Å². The fourth-order valence-electron chi connectivity index (χ4n) is 3.38. The molecule has 0 saturated carbocycles. The maximum atomic E-state index is 12.3. The summed E-state index contributed by atoms with van der Waals surface area (Å²) < 4.78 is 10.9. The Morgan fingerprint density at radius 2 is 0.929 bits per heavy atom. The lowest BCUT2D eigenvalue weighted by Gasteiger charge is -2.02. The Labute approximate surface area is 161 Å². The minimum atomic E-state index is -0.465. The van der Waals surface area contributed by atoms with Crippen molar-refractivity contribution in [3.05, 3.63) is 106 Å². The molecule has 0 radical (unpaired) electrons. The zero-order valence-electron chi connectivity index (χ0n) is 14.7. The van der Waals surface area contributed by atoms with Crippen molar-refractivity contribution in [1.29, 1.82) is 0 Å². The molecule has 0 atom stereocenters. The van der Waals surface area contributed by atoms with E-state index < -0.39 is 11.9 Å². The van der Waals surface area contributed by atoms with Crippen LogP contribution >= 0.6 is 0 Å². The summed E-state index contributed by atoms with van der Waals surface area (Å²) in [4.78, 5) is 24.6. The summed E-state index contributed by atoms with van der Waals surface area (Å²) in [5.41, 5.74) is 3.91. The van der Waals surface area contributed by atoms with Gasteiger partial charge in [0.25, 0.3) is 0 Å². The number of esters is 2. The molecule has 0 aromatic heterocycles. The quantitative estimate of drug-likeness (QED) is 0.598. The molecule has 3 aromatic rings. The Kier molecular flexibility index (Phi) is 3.69. The molecule has 2 aliphatic rings. The van der Waals surface area contributed by atoms with Crippen molar-refractivity contribution in [2.24, 2.45) is 0 Å². The lowest BCUT2D eigenvalue weighted by molar-refractivity contribution is 0.0714. The lowest BCUT2D eigenvalue weighted by Crippen LogP contribution is -1.98. The number of benzene rings is 3. The molecule has 0 aliphatic carbocycles. The van der Waals surface area contributed by atoms with Gasteiger partial charge in [-0.05, 0) is 35.4 Å². The van der Waals surface area contributed by atoms with Crippen molar-refractivity contribution in [3.8, 4) is 0 Å². The number of carbonyl (C=O) groups excluding carboxylic acids is 2. The van der Waals surface area contributed by atoms with Crippen LogP contribution in [0.5, 0.6) is 0 Å². The zero-order chi connectivity index (χ0) is 19.1. The second kappa shape index (κ2) is 6.35. The summed E-state index contributed by atoms with van der Waals surface area (Å²) in [6.07, 6.45) is 3.63. The first-order valence-corrected chi connectivity index (χ1v) is 8.86. The summed E-state index contributed by atoms with van der Waals surface area (Å²) in [7, 11) is 0. The van der Waals surface area contributed by atoms with Gasteiger partial charge in [-0.1, -0.05) is 60.7 Å². The zero-order valence-corrected chi connectivity index (χ0v) is 14.7. The first-order chi connectivity index (χ1) is 13.7. The van der Waals surface area contributed by atoms with Gasteiger partial charge in [-0.2, -0.15) is 0 Å². The normalized spacial score (nSPS) is 17.4. The number of rotatable bonds is 2. The fraction of sp³-hybridized carbons (Fsp3) is 0. The van der Waals surface area contributed by atoms with E-state index >= 15 is 0 Å². The van der Waals surface area contributed by atoms with E-state index in [1.165, 1.54) is 0 Å². The predicted octanol–water partition coefficient (Wildman–Crippen LogP) is 5.02. The second-order valence-electron chi connectivity index (χ2n) is 6.56. The molecular formula is C24H14O4. The van der Waals surface area contributed by atoms with Crippen LogP contribution in [0.3, 0.4) is 0 Å². The van der Waals surface area contributed by atoms with Crippen LogP contribution in [0.15, 0.2) is 72.8 Å². The Morgan fingerprint density at radius 1 is 0.536 bits per heavy atom. The fourth-order valence-corrected chi connectivity index (χ4v) is 3.38. The van der Waals surface area contributed by atoms with Gasteiger partial charge >= 0.3 is 11.9 Å². The van der Waals surface area contributed by atoms with Crippen LogP contribution in [-0.2, 0) is 9.47 Å². The molecule has 4 nitrogen and oxygen atoms in total. The number of carbonyl (C=O) groups is 2. The molecule has 0 unspecified atom stereocenters. The summed E-state index contributed by atoms with van der Waals surface area (Å²) in [6, 6.07) is 22.6. The average Bonchev–Trinajstić information content (AvgIpc) is 3.19. The maximum Gasteiger partial charge on any atom is 0.344 e. The van der Waals surface area contributed by atoms with Gasteiger partial charge in [0.1, 0.15) is 11.5 Å². The second-order valence-corrected chi connectivity index (χ2v) is 6.56. The molecule has 28 heavy (non-hydrogen) atoms. The molecule has 134 valence electrons. The number of ether oxygens (including phenoxy) is 2. The van der Waals surface area contributed by atoms with Crippen LogP contribution in [0, 0.1) is 0 Å². The molecule has 2 heterocycles. The van der Waals surface area contributed by atoms with Crippen molar-refractivity contribution in [2.45, 2.75) is 0 Å². The summed E-state index contributed by atoms with van der Waals surface area (Å²) in [6.45, 7) is 0. The van der Waals surface area contributed by atoms with Gasteiger partial charge in [-0.15, -0.1) is 0 Å². The van der Waals surface area contributed by atoms with Crippen molar-refractivity contribution in [1.82, 2.24) is 0 Å². The van der Waals surface area contributed by atoms with Crippen molar-refractivity contribution < 1.29 is 19.1 Å². The van der Waals surface area contributed by atoms with E-state index in [4.69, 9.17) is 9.47 Å². The molecule has 0 N–H and O–H groups in total. The smallest absolute Gasteiger partial charge is 0.344 e. The Balaban J connectivity index is 1.64. The lowest BCUT2D eigenvalue weighted by atomic mass is 9.97. The van der Waals surface area contributed by atoms with Gasteiger partial charge in [-0.25, -0.2) is 9.59 Å². The van der Waals surface area contributed by atoms with E-state index in [1.54, 1.807) is 12.1 Å². The van der Waals surface area contributed by atoms with Gasteiger partial charge < -0.3 is 9.47 Å². The molecule has 0 bridgehead atoms. The van der Waals surface area contributed by atoms with Gasteiger partial charge in [0.2, 0.25) is 0 Å². The average molecular weight is 366 g/mol.